The number of aromatic nitrogens is 3. The van der Waals surface area contributed by atoms with E-state index < -0.39 is 65.4 Å². The number of benzene rings is 1. The Balaban J connectivity index is 1.93. The molecule has 1 aromatic heterocycles. The van der Waals surface area contributed by atoms with Crippen LogP contribution in [0.1, 0.15) is 84.0 Å². The zero-order valence-corrected chi connectivity index (χ0v) is 28.1. The molecule has 0 bridgehead atoms. The molecule has 2 rings (SSSR count). The van der Waals surface area contributed by atoms with E-state index in [0.29, 0.717) is 28.7 Å². The van der Waals surface area contributed by atoms with E-state index in [0.717, 1.165) is 9.13 Å². The highest BCUT2D eigenvalue weighted by Gasteiger charge is 2.28. The fourth-order valence-corrected chi connectivity index (χ4v) is 4.15. The number of esters is 2. The van der Waals surface area contributed by atoms with Crippen LogP contribution in [0.4, 0.5) is 5.69 Å². The lowest BCUT2D eigenvalue weighted by atomic mass is 9.84. The van der Waals surface area contributed by atoms with Crippen LogP contribution in [0, 0.1) is 5.41 Å². The van der Waals surface area contributed by atoms with Crippen LogP contribution in [0.5, 0.6) is 0 Å². The normalized spacial score (nSPS) is 13.0. The van der Waals surface area contributed by atoms with Crippen LogP contribution in [0.3, 0.4) is 0 Å². The molecule has 0 fully saturated rings. The van der Waals surface area contributed by atoms with Crippen molar-refractivity contribution in [3.05, 3.63) is 73.9 Å². The van der Waals surface area contributed by atoms with E-state index >= 15 is 0 Å². The number of aliphatic hydroxyl groups excluding tert-OH is 2. The summed E-state index contributed by atoms with van der Waals surface area (Å²) in [4.78, 5) is 75.9. The smallest absolute Gasteiger partial charge is 0.338 e. The van der Waals surface area contributed by atoms with Gasteiger partial charge in [-0.3, -0.25) is 9.59 Å². The first-order valence-corrected chi connectivity index (χ1v) is 15.7. The van der Waals surface area contributed by atoms with E-state index in [4.69, 9.17) is 9.47 Å². The largest absolute Gasteiger partial charge is 0.463 e. The summed E-state index contributed by atoms with van der Waals surface area (Å²) in [5.41, 5.74) is -3.33. The van der Waals surface area contributed by atoms with Gasteiger partial charge >= 0.3 is 29.0 Å². The number of amides is 1. The van der Waals surface area contributed by atoms with Gasteiger partial charge in [-0.15, -0.1) is 6.58 Å². The summed E-state index contributed by atoms with van der Waals surface area (Å²) in [6.45, 7) is 12.8. The summed E-state index contributed by atoms with van der Waals surface area (Å²) in [5.74, 6) is -1.54. The van der Waals surface area contributed by atoms with Gasteiger partial charge in [-0.1, -0.05) is 33.8 Å². The maximum absolute atomic E-state index is 13.1. The van der Waals surface area contributed by atoms with E-state index in [9.17, 15) is 39.0 Å². The summed E-state index contributed by atoms with van der Waals surface area (Å²) in [5, 5.41) is 23.8. The highest BCUT2D eigenvalue weighted by molar-refractivity contribution is 5.93. The van der Waals surface area contributed by atoms with Crippen LogP contribution in [0.2, 0.25) is 0 Å². The Morgan fingerprint density at radius 2 is 1.47 bits per heavy atom. The number of rotatable bonds is 18. The first-order chi connectivity index (χ1) is 22.0. The van der Waals surface area contributed by atoms with Crippen LogP contribution in [-0.4, -0.2) is 66.2 Å². The number of nitrogens with zero attached hydrogens (tertiary/aromatic N) is 3. The second-order valence-electron chi connectivity index (χ2n) is 12.6. The molecule has 2 atom stereocenters. The van der Waals surface area contributed by atoms with Crippen molar-refractivity contribution in [3.8, 4) is 0 Å². The lowest BCUT2D eigenvalue weighted by Gasteiger charge is -2.29. The van der Waals surface area contributed by atoms with Crippen molar-refractivity contribution in [2.45, 2.75) is 111 Å². The molecule has 0 saturated carbocycles. The third-order valence-corrected chi connectivity index (χ3v) is 8.11. The third-order valence-electron chi connectivity index (χ3n) is 8.11. The Hall–Kier alpha value is -4.30. The topological polar surface area (TPSA) is 188 Å². The molecule has 2 aromatic rings. The van der Waals surface area contributed by atoms with Crippen molar-refractivity contribution in [1.82, 2.24) is 13.7 Å². The molecule has 14 nitrogen and oxygen atoms in total. The van der Waals surface area contributed by atoms with Crippen molar-refractivity contribution in [3.63, 3.8) is 0 Å². The van der Waals surface area contributed by atoms with Crippen molar-refractivity contribution >= 4 is 23.5 Å². The Bertz CT molecular complexity index is 1580. The molecule has 1 heterocycles. The number of hydrogen-bond donors (Lipinski definition) is 3. The molecule has 0 aliphatic carbocycles. The molecular formula is C33H48N4O10. The first kappa shape index (κ1) is 38.9. The monoisotopic (exact) mass is 660 g/mol. The van der Waals surface area contributed by atoms with Gasteiger partial charge in [0.15, 0.2) is 0 Å². The lowest BCUT2D eigenvalue weighted by molar-refractivity contribution is -0.147. The van der Waals surface area contributed by atoms with Gasteiger partial charge in [-0.2, -0.15) is 0 Å². The van der Waals surface area contributed by atoms with E-state index in [1.165, 1.54) is 6.08 Å². The molecule has 2 unspecified atom stereocenters. The zero-order chi connectivity index (χ0) is 35.5. The highest BCUT2D eigenvalue weighted by Crippen LogP contribution is 2.25. The summed E-state index contributed by atoms with van der Waals surface area (Å²) < 4.78 is 12.7. The standard InChI is InChI=1S/C33H48N4O10/c1-8-18-35-29(43)36(31(45)37(30(35)44)20-25(39)32(4,5)9-2)19-24(38)21-46-27(41)13-11-12-26(40)34-23-16-14-22(15-17-23)28(42)47-33(6,7)10-3/h8,14-17,24-25,38-39H,1,9-13,18-21H2,2-7H3,(H,34,40). The second kappa shape index (κ2) is 17.0. The average Bonchev–Trinajstić information content (AvgIpc) is 3.02. The lowest BCUT2D eigenvalue weighted by Crippen LogP contribution is -2.57. The van der Waals surface area contributed by atoms with E-state index in [1.807, 2.05) is 27.7 Å². The molecule has 0 radical (unpaired) electrons. The fraction of sp³-hybridized carbons (Fsp3) is 0.576. The number of carbonyl (C=O) groups excluding carboxylic acids is 3. The minimum atomic E-state index is -1.47. The maximum Gasteiger partial charge on any atom is 0.338 e. The van der Waals surface area contributed by atoms with Gasteiger partial charge in [0.25, 0.3) is 0 Å². The fourth-order valence-electron chi connectivity index (χ4n) is 4.15. The zero-order valence-electron chi connectivity index (χ0n) is 28.1. The Morgan fingerprint density at radius 3 is 2.02 bits per heavy atom. The summed E-state index contributed by atoms with van der Waals surface area (Å²) in [6, 6.07) is 6.22. The number of aliphatic hydroxyl groups is 2. The number of hydrogen-bond acceptors (Lipinski definition) is 10. The molecule has 0 aliphatic heterocycles. The van der Waals surface area contributed by atoms with Crippen molar-refractivity contribution < 1.29 is 34.1 Å². The molecule has 0 saturated heterocycles. The van der Waals surface area contributed by atoms with E-state index in [1.54, 1.807) is 38.1 Å². The molecule has 1 aromatic carbocycles. The Kier molecular flexibility index (Phi) is 14.1. The Morgan fingerprint density at radius 1 is 0.894 bits per heavy atom. The second-order valence-corrected chi connectivity index (χ2v) is 12.6. The van der Waals surface area contributed by atoms with E-state index in [-0.39, 0.29) is 38.3 Å². The number of anilines is 1. The van der Waals surface area contributed by atoms with Crippen LogP contribution in [-0.2, 0) is 38.7 Å². The summed E-state index contributed by atoms with van der Waals surface area (Å²) in [6.07, 6.45) is -0.0373. The van der Waals surface area contributed by atoms with Crippen LogP contribution in [0.25, 0.3) is 0 Å². The molecule has 47 heavy (non-hydrogen) atoms. The van der Waals surface area contributed by atoms with Crippen LogP contribution in [0.15, 0.2) is 51.3 Å². The van der Waals surface area contributed by atoms with Crippen LogP contribution >= 0.6 is 0 Å². The number of nitrogens with one attached hydrogen (secondary N) is 1. The minimum absolute atomic E-state index is 0.00733. The maximum atomic E-state index is 13.1. The van der Waals surface area contributed by atoms with Gasteiger partial charge in [0, 0.05) is 18.5 Å². The van der Waals surface area contributed by atoms with Crippen molar-refractivity contribution in [2.75, 3.05) is 11.9 Å². The summed E-state index contributed by atoms with van der Waals surface area (Å²) >= 11 is 0. The predicted octanol–water partition coefficient (Wildman–Crippen LogP) is 2.21. The highest BCUT2D eigenvalue weighted by atomic mass is 16.6. The summed E-state index contributed by atoms with van der Waals surface area (Å²) in [7, 11) is 0. The quantitative estimate of drug-likeness (QED) is 0.158. The molecule has 260 valence electrons. The van der Waals surface area contributed by atoms with Gasteiger partial charge in [-0.05, 0) is 62.8 Å². The van der Waals surface area contributed by atoms with Gasteiger partial charge < -0.3 is 25.0 Å². The molecule has 14 heteroatoms. The van der Waals surface area contributed by atoms with Gasteiger partial charge in [0.05, 0.1) is 31.3 Å². The van der Waals surface area contributed by atoms with Crippen molar-refractivity contribution in [1.29, 1.82) is 0 Å². The Labute approximate surface area is 273 Å². The van der Waals surface area contributed by atoms with Crippen LogP contribution < -0.4 is 22.4 Å². The van der Waals surface area contributed by atoms with Gasteiger partial charge in [0.2, 0.25) is 5.91 Å². The van der Waals surface area contributed by atoms with Crippen molar-refractivity contribution in [2.24, 2.45) is 5.41 Å². The van der Waals surface area contributed by atoms with E-state index in [2.05, 4.69) is 11.9 Å². The average molecular weight is 661 g/mol. The molecule has 0 spiro atoms. The number of allylic oxidation sites excluding steroid dienone is 1. The van der Waals surface area contributed by atoms with Gasteiger partial charge in [0.1, 0.15) is 18.3 Å². The molecule has 0 aliphatic rings. The molecule has 1 amide bonds. The molecule has 3 N–H and O–H groups in total. The predicted molar refractivity (Wildman–Crippen MR) is 175 cm³/mol. The van der Waals surface area contributed by atoms with Gasteiger partial charge in [-0.25, -0.2) is 32.9 Å². The first-order valence-electron chi connectivity index (χ1n) is 15.7. The number of carbonyl (C=O) groups is 3. The third kappa shape index (κ3) is 11.2. The molecular weight excluding hydrogens is 612 g/mol. The SMILES string of the molecule is C=CCn1c(=O)n(CC(O)COC(=O)CCCC(=O)Nc2ccc(C(=O)OC(C)(C)CC)cc2)c(=O)n(CC(O)C(C)(C)CC)c1=O. The number of ether oxygens (including phenoxy) is 2. The minimum Gasteiger partial charge on any atom is -0.463 e.